The maximum Gasteiger partial charge on any atom is 0.306 e. The van der Waals surface area contributed by atoms with Gasteiger partial charge in [-0.15, -0.1) is 0 Å². The maximum atomic E-state index is 11.5. The summed E-state index contributed by atoms with van der Waals surface area (Å²) in [6, 6.07) is 0. The van der Waals surface area contributed by atoms with Crippen molar-refractivity contribution in [2.75, 3.05) is 13.2 Å². The quantitative estimate of drug-likeness (QED) is 0.154. The first-order valence-electron chi connectivity index (χ1n) is 9.58. The maximum absolute atomic E-state index is 11.5. The lowest BCUT2D eigenvalue weighted by Gasteiger charge is -2.08. The van der Waals surface area contributed by atoms with Gasteiger partial charge in [-0.25, -0.2) is 0 Å². The summed E-state index contributed by atoms with van der Waals surface area (Å²) in [5.41, 5.74) is 0. The number of esters is 2. The molecule has 6 heteroatoms. The Kier molecular flexibility index (Phi) is 17.3. The second kappa shape index (κ2) is 17.3. The Morgan fingerprint density at radius 3 is 1.32 bits per heavy atom. The standard InChI is InChI=1S/C19H34Br2O4/c1-3-16(20)14-18(22)24-12-10-8-6-5-7-9-11-13-25-19(23)15-17(21)4-2/h16-17H,3-15H2,1-2H3. The van der Waals surface area contributed by atoms with E-state index in [-0.39, 0.29) is 21.6 Å². The van der Waals surface area contributed by atoms with Crippen LogP contribution in [-0.4, -0.2) is 34.8 Å². The molecule has 2 atom stereocenters. The van der Waals surface area contributed by atoms with E-state index in [0.717, 1.165) is 51.4 Å². The Hall–Kier alpha value is -0.100. The van der Waals surface area contributed by atoms with Gasteiger partial charge < -0.3 is 9.47 Å². The number of hydrogen-bond donors (Lipinski definition) is 0. The van der Waals surface area contributed by atoms with Gasteiger partial charge in [0, 0.05) is 9.65 Å². The van der Waals surface area contributed by atoms with Gasteiger partial charge in [0.25, 0.3) is 0 Å². The fraction of sp³-hybridized carbons (Fsp3) is 0.895. The van der Waals surface area contributed by atoms with Gasteiger partial charge in [-0.2, -0.15) is 0 Å². The van der Waals surface area contributed by atoms with Gasteiger partial charge in [0.05, 0.1) is 26.1 Å². The Morgan fingerprint density at radius 2 is 1.00 bits per heavy atom. The first-order valence-corrected chi connectivity index (χ1v) is 11.4. The number of alkyl halides is 2. The highest BCUT2D eigenvalue weighted by Gasteiger charge is 2.10. The molecule has 0 radical (unpaired) electrons. The number of carbonyl (C=O) groups excluding carboxylic acids is 2. The molecule has 2 unspecified atom stereocenters. The minimum Gasteiger partial charge on any atom is -0.466 e. The number of rotatable bonds is 16. The minimum absolute atomic E-state index is 0.108. The topological polar surface area (TPSA) is 52.6 Å². The van der Waals surface area contributed by atoms with Crippen molar-refractivity contribution in [3.05, 3.63) is 0 Å². The van der Waals surface area contributed by atoms with Crippen LogP contribution in [-0.2, 0) is 19.1 Å². The highest BCUT2D eigenvalue weighted by atomic mass is 79.9. The molecule has 0 N–H and O–H groups in total. The van der Waals surface area contributed by atoms with E-state index in [4.69, 9.17) is 9.47 Å². The molecule has 0 fully saturated rings. The van der Waals surface area contributed by atoms with Crippen LogP contribution >= 0.6 is 31.9 Å². The number of hydrogen-bond acceptors (Lipinski definition) is 4. The summed E-state index contributed by atoms with van der Waals surface area (Å²) in [7, 11) is 0. The Balaban J connectivity index is 3.29. The van der Waals surface area contributed by atoms with Crippen LogP contribution < -0.4 is 0 Å². The van der Waals surface area contributed by atoms with Crippen molar-refractivity contribution in [2.45, 2.75) is 94.1 Å². The molecule has 0 aromatic carbocycles. The van der Waals surface area contributed by atoms with Crippen molar-refractivity contribution in [2.24, 2.45) is 0 Å². The van der Waals surface area contributed by atoms with Gasteiger partial charge in [0.2, 0.25) is 0 Å². The summed E-state index contributed by atoms with van der Waals surface area (Å²) in [5, 5.41) is 0. The van der Waals surface area contributed by atoms with Crippen LogP contribution in [0.1, 0.15) is 84.5 Å². The summed E-state index contributed by atoms with van der Waals surface area (Å²) < 4.78 is 10.4. The van der Waals surface area contributed by atoms with Crippen LogP contribution in [0.2, 0.25) is 0 Å². The van der Waals surface area contributed by atoms with E-state index in [9.17, 15) is 9.59 Å². The highest BCUT2D eigenvalue weighted by molar-refractivity contribution is 9.09. The van der Waals surface area contributed by atoms with Crippen LogP contribution in [0.4, 0.5) is 0 Å². The van der Waals surface area contributed by atoms with Crippen molar-refractivity contribution in [3.8, 4) is 0 Å². The molecular weight excluding hydrogens is 452 g/mol. The highest BCUT2D eigenvalue weighted by Crippen LogP contribution is 2.12. The first-order chi connectivity index (χ1) is 12.0. The summed E-state index contributed by atoms with van der Waals surface area (Å²) in [5.74, 6) is -0.216. The Labute approximate surface area is 170 Å². The van der Waals surface area contributed by atoms with Crippen molar-refractivity contribution in [1.29, 1.82) is 0 Å². The lowest BCUT2D eigenvalue weighted by Crippen LogP contribution is -2.11. The number of carbonyl (C=O) groups is 2. The van der Waals surface area contributed by atoms with Gasteiger partial charge in [-0.05, 0) is 25.7 Å². The zero-order valence-electron chi connectivity index (χ0n) is 15.7. The monoisotopic (exact) mass is 484 g/mol. The second-order valence-corrected chi connectivity index (χ2v) is 8.93. The van der Waals surface area contributed by atoms with Crippen molar-refractivity contribution in [3.63, 3.8) is 0 Å². The van der Waals surface area contributed by atoms with Crippen LogP contribution in [0, 0.1) is 0 Å². The van der Waals surface area contributed by atoms with Crippen molar-refractivity contribution in [1.82, 2.24) is 0 Å². The van der Waals surface area contributed by atoms with E-state index in [0.29, 0.717) is 26.1 Å². The molecule has 148 valence electrons. The molecule has 0 aliphatic carbocycles. The van der Waals surface area contributed by atoms with Crippen molar-refractivity contribution < 1.29 is 19.1 Å². The third kappa shape index (κ3) is 17.1. The van der Waals surface area contributed by atoms with Crippen molar-refractivity contribution >= 4 is 43.8 Å². The van der Waals surface area contributed by atoms with E-state index in [1.54, 1.807) is 0 Å². The average Bonchev–Trinajstić information content (AvgIpc) is 2.59. The second-order valence-electron chi connectivity index (χ2n) is 6.34. The molecule has 0 bridgehead atoms. The average molecular weight is 486 g/mol. The molecule has 25 heavy (non-hydrogen) atoms. The largest absolute Gasteiger partial charge is 0.466 e. The summed E-state index contributed by atoms with van der Waals surface area (Å²) in [4.78, 5) is 23.4. The third-order valence-electron chi connectivity index (χ3n) is 3.98. The molecule has 0 saturated heterocycles. The first kappa shape index (κ1) is 24.9. The fourth-order valence-corrected chi connectivity index (χ4v) is 2.76. The predicted molar refractivity (Wildman–Crippen MR) is 109 cm³/mol. The van der Waals surface area contributed by atoms with E-state index in [2.05, 4.69) is 31.9 Å². The molecule has 0 heterocycles. The van der Waals surface area contributed by atoms with E-state index in [1.165, 1.54) is 6.42 Å². The summed E-state index contributed by atoms with van der Waals surface area (Å²) in [6.07, 6.45) is 10.3. The van der Waals surface area contributed by atoms with Gasteiger partial charge in [0.15, 0.2) is 0 Å². The third-order valence-corrected chi connectivity index (χ3v) is 5.92. The molecule has 0 aromatic heterocycles. The van der Waals surface area contributed by atoms with Gasteiger partial charge in [-0.3, -0.25) is 9.59 Å². The lowest BCUT2D eigenvalue weighted by molar-refractivity contribution is -0.144. The van der Waals surface area contributed by atoms with E-state index < -0.39 is 0 Å². The molecule has 0 rings (SSSR count). The van der Waals surface area contributed by atoms with E-state index in [1.807, 2.05) is 13.8 Å². The molecule has 0 spiro atoms. The number of unbranched alkanes of at least 4 members (excludes halogenated alkanes) is 6. The van der Waals surface area contributed by atoms with Crippen LogP contribution in [0.15, 0.2) is 0 Å². The number of halogens is 2. The summed E-state index contributed by atoms with van der Waals surface area (Å²) in [6.45, 7) is 5.15. The zero-order valence-corrected chi connectivity index (χ0v) is 18.9. The van der Waals surface area contributed by atoms with Crippen LogP contribution in [0.25, 0.3) is 0 Å². The van der Waals surface area contributed by atoms with Gasteiger partial charge >= 0.3 is 11.9 Å². The van der Waals surface area contributed by atoms with E-state index >= 15 is 0 Å². The summed E-state index contributed by atoms with van der Waals surface area (Å²) >= 11 is 6.87. The zero-order chi connectivity index (χ0) is 18.9. The fourth-order valence-electron chi connectivity index (χ4n) is 2.23. The smallest absolute Gasteiger partial charge is 0.306 e. The molecule has 0 saturated carbocycles. The Morgan fingerprint density at radius 1 is 0.680 bits per heavy atom. The van der Waals surface area contributed by atoms with Gasteiger partial charge in [0.1, 0.15) is 0 Å². The minimum atomic E-state index is -0.108. The normalized spacial score (nSPS) is 13.3. The molecular formula is C19H34Br2O4. The van der Waals surface area contributed by atoms with Crippen LogP contribution in [0.5, 0.6) is 0 Å². The van der Waals surface area contributed by atoms with Gasteiger partial charge in [-0.1, -0.05) is 77.8 Å². The Bertz CT molecular complexity index is 318. The van der Waals surface area contributed by atoms with Crippen LogP contribution in [0.3, 0.4) is 0 Å². The number of ether oxygens (including phenoxy) is 2. The molecule has 0 aliphatic heterocycles. The molecule has 0 aliphatic rings. The lowest BCUT2D eigenvalue weighted by atomic mass is 10.1. The molecule has 0 aromatic rings. The predicted octanol–water partition coefficient (Wildman–Crippen LogP) is 5.93. The SMILES string of the molecule is CCC(Br)CC(=O)OCCCCCCCCCOC(=O)CC(Br)CC. The molecule has 0 amide bonds. The molecule has 4 nitrogen and oxygen atoms in total.